The summed E-state index contributed by atoms with van der Waals surface area (Å²) < 4.78 is 5.53. The second-order valence-corrected chi connectivity index (χ2v) is 5.22. The molecule has 0 amide bonds. The van der Waals surface area contributed by atoms with E-state index < -0.39 is 24.4 Å². The molecule has 0 aromatic rings. The van der Waals surface area contributed by atoms with Crippen molar-refractivity contribution in [1.82, 2.24) is 0 Å². The van der Waals surface area contributed by atoms with Crippen LogP contribution in [0.5, 0.6) is 0 Å². The highest BCUT2D eigenvalue weighted by Crippen LogP contribution is 2.44. The molecule has 0 spiro atoms. The molecule has 0 aromatic heterocycles. The molecule has 0 fully saturated rings. The summed E-state index contributed by atoms with van der Waals surface area (Å²) in [5.41, 5.74) is 0.408. The van der Waals surface area contributed by atoms with Gasteiger partial charge in [0, 0.05) is 5.41 Å². The highest BCUT2D eigenvalue weighted by molar-refractivity contribution is 6.43. The largest absolute Gasteiger partial charge is 0.539 e. The molecule has 1 heterocycles. The second kappa shape index (κ2) is 4.22. The summed E-state index contributed by atoms with van der Waals surface area (Å²) in [6, 6.07) is 0. The Morgan fingerprint density at radius 2 is 2.29 bits per heavy atom. The predicted molar refractivity (Wildman–Crippen MR) is 64.2 cm³/mol. The third kappa shape index (κ3) is 2.11. The first kappa shape index (κ1) is 12.2. The van der Waals surface area contributed by atoms with E-state index in [9.17, 15) is 14.9 Å². The van der Waals surface area contributed by atoms with Gasteiger partial charge in [-0.05, 0) is 24.7 Å². The summed E-state index contributed by atoms with van der Waals surface area (Å²) in [6.45, 7) is 3.70. The number of carboxylic acid groups (broad SMARTS) is 1. The minimum absolute atomic E-state index is 0.592. The summed E-state index contributed by atoms with van der Waals surface area (Å²) in [4.78, 5) is 11.2. The fraction of sp³-hybridized carbons (Fsp3) is 0.583. The van der Waals surface area contributed by atoms with Gasteiger partial charge in [0.25, 0.3) is 0 Å². The number of allylic oxidation sites excluding steroid dienone is 3. The minimum atomic E-state index is -0.861. The Morgan fingerprint density at radius 1 is 1.59 bits per heavy atom. The zero-order valence-corrected chi connectivity index (χ0v) is 10.1. The van der Waals surface area contributed by atoms with Gasteiger partial charge in [-0.15, -0.1) is 0 Å². The first-order chi connectivity index (χ1) is 7.93. The van der Waals surface area contributed by atoms with Crippen LogP contribution in [0.1, 0.15) is 26.7 Å². The molecule has 92 valence electrons. The third-order valence-corrected chi connectivity index (χ3v) is 3.56. The van der Waals surface area contributed by atoms with E-state index in [2.05, 4.69) is 0 Å². The third-order valence-electron chi connectivity index (χ3n) is 3.56. The molecule has 5 heteroatoms. The zero-order chi connectivity index (χ0) is 12.6. The molecular formula is C12H17BO4. The summed E-state index contributed by atoms with van der Waals surface area (Å²) in [6.07, 6.45) is 5.84. The van der Waals surface area contributed by atoms with Gasteiger partial charge in [-0.1, -0.05) is 26.0 Å². The lowest BCUT2D eigenvalue weighted by Crippen LogP contribution is -2.36. The van der Waals surface area contributed by atoms with Crippen LogP contribution in [0, 0.1) is 11.3 Å². The van der Waals surface area contributed by atoms with Crippen molar-refractivity contribution in [2.24, 2.45) is 11.3 Å². The number of aliphatic carboxylic acids is 1. The fourth-order valence-electron chi connectivity index (χ4n) is 2.56. The molecule has 0 saturated heterocycles. The fourth-order valence-corrected chi connectivity index (χ4v) is 2.56. The maximum atomic E-state index is 11.2. The molecule has 2 rings (SSSR count). The van der Waals surface area contributed by atoms with E-state index in [4.69, 9.17) is 4.65 Å². The Labute approximate surface area is 101 Å². The highest BCUT2D eigenvalue weighted by Gasteiger charge is 2.43. The molecule has 4 nitrogen and oxygen atoms in total. The van der Waals surface area contributed by atoms with E-state index >= 15 is 0 Å². The van der Waals surface area contributed by atoms with Crippen molar-refractivity contribution in [3.05, 3.63) is 23.5 Å². The van der Waals surface area contributed by atoms with Crippen LogP contribution in [0.25, 0.3) is 0 Å². The Morgan fingerprint density at radius 3 is 2.94 bits per heavy atom. The standard InChI is InChI=1S/C12H17BO4/c1-12(2)9(11(14)15)6-5-8-4-3-7-13(16)17-10(8)12/h5-6,9,16H,3-4,7H2,1-2H3,(H,14,15). The molecule has 2 N–H and O–H groups in total. The maximum absolute atomic E-state index is 11.2. The van der Waals surface area contributed by atoms with Gasteiger partial charge in [-0.2, -0.15) is 0 Å². The number of carbonyl (C=O) groups is 1. The van der Waals surface area contributed by atoms with Crippen molar-refractivity contribution < 1.29 is 19.6 Å². The van der Waals surface area contributed by atoms with Crippen LogP contribution in [0.15, 0.2) is 23.5 Å². The number of rotatable bonds is 1. The summed E-state index contributed by atoms with van der Waals surface area (Å²) in [7, 11) is -0.817. The van der Waals surface area contributed by atoms with Crippen LogP contribution < -0.4 is 0 Å². The molecule has 17 heavy (non-hydrogen) atoms. The van der Waals surface area contributed by atoms with E-state index in [1.807, 2.05) is 19.9 Å². The summed E-state index contributed by atoms with van der Waals surface area (Å²) in [5, 5.41) is 18.9. The molecule has 0 aromatic carbocycles. The predicted octanol–water partition coefficient (Wildman–Crippen LogP) is 1.83. The van der Waals surface area contributed by atoms with Gasteiger partial charge >= 0.3 is 13.1 Å². The highest BCUT2D eigenvalue weighted by atomic mass is 16.5. The molecule has 1 atom stereocenters. The average molecular weight is 236 g/mol. The quantitative estimate of drug-likeness (QED) is 0.681. The van der Waals surface area contributed by atoms with Crippen molar-refractivity contribution in [3.8, 4) is 0 Å². The van der Waals surface area contributed by atoms with E-state index in [0.29, 0.717) is 12.1 Å². The van der Waals surface area contributed by atoms with Crippen LogP contribution in [0.2, 0.25) is 6.32 Å². The minimum Gasteiger partial charge on any atom is -0.539 e. The molecule has 2 aliphatic rings. The Kier molecular flexibility index (Phi) is 3.04. The van der Waals surface area contributed by atoms with E-state index in [0.717, 1.165) is 18.4 Å². The van der Waals surface area contributed by atoms with E-state index in [1.165, 1.54) is 0 Å². The molecule has 0 bridgehead atoms. The number of carboxylic acids is 1. The second-order valence-electron chi connectivity index (χ2n) is 5.22. The normalized spacial score (nSPS) is 27.2. The van der Waals surface area contributed by atoms with Crippen LogP contribution in [0.4, 0.5) is 0 Å². The van der Waals surface area contributed by atoms with Gasteiger partial charge in [0.2, 0.25) is 0 Å². The average Bonchev–Trinajstić information content (AvgIpc) is 2.39. The first-order valence-corrected chi connectivity index (χ1v) is 5.92. The first-order valence-electron chi connectivity index (χ1n) is 5.92. The zero-order valence-electron chi connectivity index (χ0n) is 10.1. The molecule has 0 radical (unpaired) electrons. The van der Waals surface area contributed by atoms with E-state index in [-0.39, 0.29) is 0 Å². The molecule has 1 aliphatic carbocycles. The lowest BCUT2D eigenvalue weighted by atomic mass is 9.72. The Bertz CT molecular complexity index is 397. The van der Waals surface area contributed by atoms with Gasteiger partial charge in [0.05, 0.1) is 11.7 Å². The van der Waals surface area contributed by atoms with Gasteiger partial charge in [0.15, 0.2) is 0 Å². The van der Waals surface area contributed by atoms with Crippen LogP contribution in [0.3, 0.4) is 0 Å². The smallest absolute Gasteiger partial charge is 0.522 e. The molecule has 1 aliphatic heterocycles. The van der Waals surface area contributed by atoms with Gasteiger partial charge in [-0.25, -0.2) is 0 Å². The van der Waals surface area contributed by atoms with Crippen molar-refractivity contribution in [2.75, 3.05) is 0 Å². The van der Waals surface area contributed by atoms with Crippen molar-refractivity contribution in [3.63, 3.8) is 0 Å². The molecule has 1 unspecified atom stereocenters. The van der Waals surface area contributed by atoms with Crippen molar-refractivity contribution in [1.29, 1.82) is 0 Å². The topological polar surface area (TPSA) is 66.8 Å². The van der Waals surface area contributed by atoms with Crippen LogP contribution in [-0.2, 0) is 9.45 Å². The monoisotopic (exact) mass is 236 g/mol. The van der Waals surface area contributed by atoms with Gasteiger partial charge < -0.3 is 14.8 Å². The summed E-state index contributed by atoms with van der Waals surface area (Å²) in [5.74, 6) is -0.830. The lowest BCUT2D eigenvalue weighted by Gasteiger charge is -2.36. The lowest BCUT2D eigenvalue weighted by molar-refractivity contribution is -0.143. The van der Waals surface area contributed by atoms with E-state index in [1.54, 1.807) is 6.08 Å². The van der Waals surface area contributed by atoms with Gasteiger partial charge in [-0.3, -0.25) is 4.79 Å². The molecular weight excluding hydrogens is 219 g/mol. The maximum Gasteiger partial charge on any atom is 0.522 e. The van der Waals surface area contributed by atoms with Crippen molar-refractivity contribution in [2.45, 2.75) is 33.0 Å². The van der Waals surface area contributed by atoms with Crippen molar-refractivity contribution >= 4 is 13.1 Å². The summed E-state index contributed by atoms with van der Waals surface area (Å²) >= 11 is 0. The molecule has 0 saturated carbocycles. The Hall–Kier alpha value is -1.23. The van der Waals surface area contributed by atoms with Crippen LogP contribution in [-0.4, -0.2) is 23.2 Å². The Balaban J connectivity index is 2.39. The number of hydrogen-bond donors (Lipinski definition) is 2. The van der Waals surface area contributed by atoms with Gasteiger partial charge in [0.1, 0.15) is 0 Å². The SMILES string of the molecule is CC1(C)C2=C(C=CC1C(=O)O)CCCB(O)O2. The van der Waals surface area contributed by atoms with Crippen LogP contribution >= 0.6 is 0 Å². The number of hydrogen-bond acceptors (Lipinski definition) is 3.